The van der Waals surface area contributed by atoms with Gasteiger partial charge in [-0.15, -0.1) is 0 Å². The Hall–Kier alpha value is -1.91. The number of nitrogens with one attached hydrogen (secondary N) is 3. The fourth-order valence-electron chi connectivity index (χ4n) is 3.10. The van der Waals surface area contributed by atoms with Crippen molar-refractivity contribution in [2.24, 2.45) is 4.99 Å². The van der Waals surface area contributed by atoms with Crippen molar-refractivity contribution in [2.75, 3.05) is 39.1 Å². The molecule has 3 N–H and O–H groups in total. The van der Waals surface area contributed by atoms with Gasteiger partial charge in [0.05, 0.1) is 31.6 Å². The van der Waals surface area contributed by atoms with Crippen LogP contribution in [0.1, 0.15) is 44.7 Å². The molecule has 0 aromatic heterocycles. The van der Waals surface area contributed by atoms with Crippen molar-refractivity contribution in [2.45, 2.75) is 45.3 Å². The van der Waals surface area contributed by atoms with Crippen LogP contribution in [0.15, 0.2) is 23.2 Å². The van der Waals surface area contributed by atoms with Crippen molar-refractivity contribution in [3.8, 4) is 5.75 Å². The topological polar surface area (TPSA) is 101 Å². The SMILES string of the molecule is CCNC(=NCCS(=O)(=O)NCC1CCCCO1)NC(C)c1ccc(OC)c(F)c1. The Labute approximate surface area is 178 Å². The van der Waals surface area contributed by atoms with E-state index in [1.807, 2.05) is 13.8 Å². The van der Waals surface area contributed by atoms with Gasteiger partial charge in [0.15, 0.2) is 17.5 Å². The number of aliphatic imine (C=N–C) groups is 1. The van der Waals surface area contributed by atoms with Gasteiger partial charge in [0.25, 0.3) is 0 Å². The monoisotopic (exact) mass is 444 g/mol. The van der Waals surface area contributed by atoms with Crippen LogP contribution in [0.25, 0.3) is 0 Å². The highest BCUT2D eigenvalue weighted by molar-refractivity contribution is 7.89. The third-order valence-corrected chi connectivity index (χ3v) is 6.13. The first-order valence-corrected chi connectivity index (χ1v) is 12.0. The van der Waals surface area contributed by atoms with Gasteiger partial charge >= 0.3 is 0 Å². The van der Waals surface area contributed by atoms with Crippen LogP contribution in [-0.4, -0.2) is 59.6 Å². The standard InChI is InChI=1S/C20H33FN4O4S/c1-4-22-20(25-15(2)16-8-9-19(28-3)18(21)13-16)23-10-12-30(26,27)24-14-17-7-5-6-11-29-17/h8-9,13,15,17,24H,4-7,10-12,14H2,1-3H3,(H2,22,23,25). The van der Waals surface area contributed by atoms with Gasteiger partial charge in [-0.25, -0.2) is 17.5 Å². The molecule has 10 heteroatoms. The van der Waals surface area contributed by atoms with Crippen LogP contribution in [0.2, 0.25) is 0 Å². The van der Waals surface area contributed by atoms with E-state index in [4.69, 9.17) is 9.47 Å². The number of hydrogen-bond donors (Lipinski definition) is 3. The van der Waals surface area contributed by atoms with Gasteiger partial charge < -0.3 is 20.1 Å². The Balaban J connectivity index is 1.88. The van der Waals surface area contributed by atoms with Gasteiger partial charge in [0.1, 0.15) is 0 Å². The van der Waals surface area contributed by atoms with E-state index in [1.165, 1.54) is 13.2 Å². The Morgan fingerprint density at radius 1 is 1.40 bits per heavy atom. The van der Waals surface area contributed by atoms with Gasteiger partial charge in [-0.05, 0) is 50.8 Å². The van der Waals surface area contributed by atoms with Crippen LogP contribution < -0.4 is 20.1 Å². The molecule has 2 rings (SSSR count). The maximum Gasteiger partial charge on any atom is 0.213 e. The summed E-state index contributed by atoms with van der Waals surface area (Å²) in [7, 11) is -2.02. The summed E-state index contributed by atoms with van der Waals surface area (Å²) in [6.45, 7) is 5.47. The molecule has 1 aliphatic rings. The molecule has 1 aliphatic heterocycles. The number of ether oxygens (including phenoxy) is 2. The van der Waals surface area contributed by atoms with E-state index in [0.717, 1.165) is 24.8 Å². The summed E-state index contributed by atoms with van der Waals surface area (Å²) in [6, 6.07) is 4.51. The number of sulfonamides is 1. The first-order chi connectivity index (χ1) is 14.3. The predicted octanol–water partition coefficient (Wildman–Crippen LogP) is 1.94. The molecule has 1 saturated heterocycles. The maximum atomic E-state index is 14.0. The summed E-state index contributed by atoms with van der Waals surface area (Å²) >= 11 is 0. The molecule has 0 radical (unpaired) electrons. The minimum atomic E-state index is -3.44. The number of hydrogen-bond acceptors (Lipinski definition) is 5. The molecule has 2 atom stereocenters. The molecule has 2 unspecified atom stereocenters. The molecule has 0 amide bonds. The molecule has 0 spiro atoms. The Morgan fingerprint density at radius 2 is 2.20 bits per heavy atom. The van der Waals surface area contributed by atoms with Crippen molar-refractivity contribution in [3.05, 3.63) is 29.6 Å². The average Bonchev–Trinajstić information content (AvgIpc) is 2.73. The maximum absolute atomic E-state index is 14.0. The average molecular weight is 445 g/mol. The van der Waals surface area contributed by atoms with Crippen LogP contribution in [-0.2, 0) is 14.8 Å². The zero-order chi connectivity index (χ0) is 22.0. The van der Waals surface area contributed by atoms with Gasteiger partial charge in [0.2, 0.25) is 10.0 Å². The summed E-state index contributed by atoms with van der Waals surface area (Å²) in [5.74, 6) is 0.0848. The lowest BCUT2D eigenvalue weighted by atomic mass is 10.1. The predicted molar refractivity (Wildman–Crippen MR) is 116 cm³/mol. The Bertz CT molecular complexity index is 798. The molecule has 30 heavy (non-hydrogen) atoms. The molecule has 0 aliphatic carbocycles. The van der Waals surface area contributed by atoms with Crippen molar-refractivity contribution < 1.29 is 22.3 Å². The molecule has 1 aromatic carbocycles. The van der Waals surface area contributed by atoms with E-state index in [1.54, 1.807) is 12.1 Å². The molecular weight excluding hydrogens is 411 g/mol. The molecule has 0 bridgehead atoms. The van der Waals surface area contributed by atoms with E-state index < -0.39 is 15.8 Å². The zero-order valence-corrected chi connectivity index (χ0v) is 18.7. The second kappa shape index (κ2) is 12.1. The van der Waals surface area contributed by atoms with E-state index in [0.29, 0.717) is 25.7 Å². The van der Waals surface area contributed by atoms with Crippen LogP contribution in [0.3, 0.4) is 0 Å². The third-order valence-electron chi connectivity index (χ3n) is 4.81. The smallest absolute Gasteiger partial charge is 0.213 e. The number of rotatable bonds is 10. The normalized spacial score (nSPS) is 18.7. The summed E-state index contributed by atoms with van der Waals surface area (Å²) in [5, 5.41) is 6.24. The van der Waals surface area contributed by atoms with Crippen LogP contribution >= 0.6 is 0 Å². The van der Waals surface area contributed by atoms with Crippen LogP contribution in [0, 0.1) is 5.82 Å². The number of guanidine groups is 1. The molecule has 1 fully saturated rings. The van der Waals surface area contributed by atoms with E-state index in [-0.39, 0.29) is 30.2 Å². The molecule has 1 heterocycles. The largest absolute Gasteiger partial charge is 0.494 e. The van der Waals surface area contributed by atoms with Gasteiger partial charge in [-0.2, -0.15) is 0 Å². The highest BCUT2D eigenvalue weighted by atomic mass is 32.2. The quantitative estimate of drug-likeness (QED) is 0.377. The number of benzene rings is 1. The first-order valence-electron chi connectivity index (χ1n) is 10.3. The fraction of sp³-hybridized carbons (Fsp3) is 0.650. The number of methoxy groups -OCH3 is 1. The zero-order valence-electron chi connectivity index (χ0n) is 17.9. The lowest BCUT2D eigenvalue weighted by molar-refractivity contribution is 0.0200. The molecular formula is C20H33FN4O4S. The molecule has 0 saturated carbocycles. The highest BCUT2D eigenvalue weighted by Gasteiger charge is 2.18. The van der Waals surface area contributed by atoms with Crippen LogP contribution in [0.5, 0.6) is 5.75 Å². The minimum Gasteiger partial charge on any atom is -0.494 e. The van der Waals surface area contributed by atoms with Crippen LogP contribution in [0.4, 0.5) is 4.39 Å². The van der Waals surface area contributed by atoms with Gasteiger partial charge in [0, 0.05) is 19.7 Å². The number of halogens is 1. The van der Waals surface area contributed by atoms with E-state index >= 15 is 0 Å². The fourth-order valence-corrected chi connectivity index (χ4v) is 4.01. The summed E-state index contributed by atoms with van der Waals surface area (Å²) in [4.78, 5) is 4.34. The highest BCUT2D eigenvalue weighted by Crippen LogP contribution is 2.21. The number of nitrogens with zero attached hydrogens (tertiary/aromatic N) is 1. The Morgan fingerprint density at radius 3 is 2.83 bits per heavy atom. The van der Waals surface area contributed by atoms with Gasteiger partial charge in [-0.3, -0.25) is 4.99 Å². The molecule has 170 valence electrons. The first kappa shape index (κ1) is 24.4. The summed E-state index contributed by atoms with van der Waals surface area (Å²) in [6.07, 6.45) is 2.91. The lowest BCUT2D eigenvalue weighted by Gasteiger charge is -2.22. The second-order valence-corrected chi connectivity index (χ2v) is 9.10. The minimum absolute atomic E-state index is 0.0539. The lowest BCUT2D eigenvalue weighted by Crippen LogP contribution is -2.40. The second-order valence-electron chi connectivity index (χ2n) is 7.18. The molecule has 1 aromatic rings. The summed E-state index contributed by atoms with van der Waals surface area (Å²) < 4.78 is 51.5. The van der Waals surface area contributed by atoms with Crippen molar-refractivity contribution in [3.63, 3.8) is 0 Å². The Kier molecular flexibility index (Phi) is 9.80. The summed E-state index contributed by atoms with van der Waals surface area (Å²) in [5.41, 5.74) is 0.723. The van der Waals surface area contributed by atoms with Crippen molar-refractivity contribution in [1.82, 2.24) is 15.4 Å². The van der Waals surface area contributed by atoms with Crippen molar-refractivity contribution >= 4 is 16.0 Å². The molecule has 8 nitrogen and oxygen atoms in total. The van der Waals surface area contributed by atoms with E-state index in [9.17, 15) is 12.8 Å². The third kappa shape index (κ3) is 8.08. The van der Waals surface area contributed by atoms with Gasteiger partial charge in [-0.1, -0.05) is 6.07 Å². The van der Waals surface area contributed by atoms with E-state index in [2.05, 4.69) is 20.3 Å². The van der Waals surface area contributed by atoms with Crippen molar-refractivity contribution in [1.29, 1.82) is 0 Å².